The van der Waals surface area contributed by atoms with E-state index in [2.05, 4.69) is 17.8 Å². The van der Waals surface area contributed by atoms with Gasteiger partial charge in [-0.25, -0.2) is 0 Å². The molecule has 6 nitrogen and oxygen atoms in total. The van der Waals surface area contributed by atoms with Gasteiger partial charge in [-0.15, -0.1) is 0 Å². The van der Waals surface area contributed by atoms with Crippen LogP contribution in [-0.4, -0.2) is 54.2 Å². The van der Waals surface area contributed by atoms with Gasteiger partial charge in [0, 0.05) is 23.4 Å². The van der Waals surface area contributed by atoms with Crippen molar-refractivity contribution in [2.75, 3.05) is 20.6 Å². The first-order chi connectivity index (χ1) is 16.2. The van der Waals surface area contributed by atoms with Crippen molar-refractivity contribution in [3.63, 3.8) is 0 Å². The molecule has 2 aromatic rings. The summed E-state index contributed by atoms with van der Waals surface area (Å²) in [5.41, 5.74) is -1.19. The minimum Gasteiger partial charge on any atom is -0.476 e. The van der Waals surface area contributed by atoms with E-state index in [0.717, 1.165) is 5.56 Å². The molecule has 0 bridgehead atoms. The highest BCUT2D eigenvalue weighted by Crippen LogP contribution is 2.66. The van der Waals surface area contributed by atoms with E-state index in [1.54, 1.807) is 37.3 Å². The number of hydrogen-bond donors (Lipinski definition) is 2. The predicted molar refractivity (Wildman–Crippen MR) is 132 cm³/mol. The third kappa shape index (κ3) is 3.48. The van der Waals surface area contributed by atoms with Gasteiger partial charge >= 0.3 is 0 Å². The molecule has 1 saturated carbocycles. The summed E-state index contributed by atoms with van der Waals surface area (Å²) < 4.78 is 6.67. The van der Waals surface area contributed by atoms with E-state index in [-0.39, 0.29) is 11.5 Å². The summed E-state index contributed by atoms with van der Waals surface area (Å²) in [6.07, 6.45) is 0.362. The molecule has 2 N–H and O–H groups in total. The van der Waals surface area contributed by atoms with Crippen molar-refractivity contribution >= 4 is 18.3 Å². The zero-order valence-electron chi connectivity index (χ0n) is 19.4. The van der Waals surface area contributed by atoms with Crippen molar-refractivity contribution in [1.82, 2.24) is 4.90 Å². The number of nitriles is 1. The van der Waals surface area contributed by atoms with Gasteiger partial charge in [-0.05, 0) is 57.1 Å². The Morgan fingerprint density at radius 1 is 1.24 bits per heavy atom. The van der Waals surface area contributed by atoms with Gasteiger partial charge < -0.3 is 19.8 Å². The Morgan fingerprint density at radius 3 is 2.41 bits per heavy atom. The van der Waals surface area contributed by atoms with Crippen LogP contribution in [0.5, 0.6) is 0 Å². The van der Waals surface area contributed by atoms with Crippen LogP contribution in [0.15, 0.2) is 82.2 Å². The molecule has 1 aliphatic heterocycles. The van der Waals surface area contributed by atoms with Crippen LogP contribution in [0.25, 0.3) is 0 Å². The van der Waals surface area contributed by atoms with Crippen LogP contribution in [-0.2, 0) is 10.3 Å². The second kappa shape index (κ2) is 9.01. The van der Waals surface area contributed by atoms with Gasteiger partial charge in [0.2, 0.25) is 0 Å². The fourth-order valence-corrected chi connectivity index (χ4v) is 5.71. The van der Waals surface area contributed by atoms with Crippen LogP contribution in [0.2, 0.25) is 0 Å². The fraction of sp³-hybridized carbons (Fsp3) is 0.333. The van der Waals surface area contributed by atoms with E-state index < -0.39 is 29.1 Å². The highest BCUT2D eigenvalue weighted by Gasteiger charge is 2.76. The van der Waals surface area contributed by atoms with E-state index >= 15 is 0 Å². The summed E-state index contributed by atoms with van der Waals surface area (Å²) in [5, 5.41) is 34.0. The minimum atomic E-state index is -1.91. The lowest BCUT2D eigenvalue weighted by Crippen LogP contribution is -2.54. The molecule has 5 atom stereocenters. The highest BCUT2D eigenvalue weighted by atomic mass is 35.5. The lowest BCUT2D eigenvalue weighted by Gasteiger charge is -2.41. The Bertz CT molecular complexity index is 1180. The molecule has 0 amide bonds. The van der Waals surface area contributed by atoms with Crippen LogP contribution in [0.1, 0.15) is 29.5 Å². The van der Waals surface area contributed by atoms with E-state index in [0.29, 0.717) is 22.7 Å². The molecule has 2 aromatic carbocycles. The second-order valence-corrected chi connectivity index (χ2v) is 9.75. The summed E-state index contributed by atoms with van der Waals surface area (Å²) in [5.74, 6) is -0.600. The average molecular weight is 478 g/mol. The van der Waals surface area contributed by atoms with Crippen LogP contribution in [0, 0.1) is 17.2 Å². The molecular formula is C27H28ClN3O3. The maximum atomic E-state index is 12.5. The molecule has 0 unspecified atom stereocenters. The van der Waals surface area contributed by atoms with Crippen molar-refractivity contribution in [3.8, 4) is 6.07 Å². The number of benzene rings is 2. The molecule has 1 heterocycles. The van der Waals surface area contributed by atoms with Crippen molar-refractivity contribution in [2.45, 2.75) is 30.1 Å². The summed E-state index contributed by atoms with van der Waals surface area (Å²) in [6, 6.07) is 18.8. The van der Waals surface area contributed by atoms with Gasteiger partial charge in [-0.2, -0.15) is 5.26 Å². The zero-order valence-corrected chi connectivity index (χ0v) is 20.2. The Balaban J connectivity index is 2.07. The molecule has 4 rings (SSSR count). The molecule has 1 aliphatic carbocycles. The van der Waals surface area contributed by atoms with Gasteiger partial charge in [-0.1, -0.05) is 54.1 Å². The van der Waals surface area contributed by atoms with E-state index in [1.165, 1.54) is 0 Å². The van der Waals surface area contributed by atoms with E-state index in [1.807, 2.05) is 49.3 Å². The van der Waals surface area contributed by atoms with Gasteiger partial charge in [0.05, 0.1) is 17.7 Å². The van der Waals surface area contributed by atoms with Crippen molar-refractivity contribution < 1.29 is 14.9 Å². The number of ether oxygens (including phenoxy) is 1. The zero-order chi connectivity index (χ0) is 24.7. The predicted octanol–water partition coefficient (Wildman–Crippen LogP) is 3.91. The van der Waals surface area contributed by atoms with Gasteiger partial charge in [-0.3, -0.25) is 4.99 Å². The molecule has 0 aromatic heterocycles. The van der Waals surface area contributed by atoms with Gasteiger partial charge in [0.1, 0.15) is 11.5 Å². The molecule has 34 heavy (non-hydrogen) atoms. The third-order valence-electron chi connectivity index (χ3n) is 6.80. The maximum absolute atomic E-state index is 12.5. The summed E-state index contributed by atoms with van der Waals surface area (Å²) in [6.45, 7) is 5.89. The summed E-state index contributed by atoms with van der Waals surface area (Å²) in [4.78, 5) is 6.14. The average Bonchev–Trinajstić information content (AvgIpc) is 3.16. The fourth-order valence-electron chi connectivity index (χ4n) is 5.61. The first-order valence-electron chi connectivity index (χ1n) is 11.1. The number of allylic oxidation sites excluding steroid dienone is 2. The number of aliphatic imine (C=N–C) groups is 1. The van der Waals surface area contributed by atoms with Crippen molar-refractivity contribution in [1.29, 1.82) is 5.26 Å². The first-order valence-corrected chi connectivity index (χ1v) is 11.4. The molecule has 176 valence electrons. The van der Waals surface area contributed by atoms with Crippen LogP contribution >= 0.6 is 11.6 Å². The normalized spacial score (nSPS) is 30.8. The topological polar surface area (TPSA) is 89.1 Å². The van der Waals surface area contributed by atoms with Crippen molar-refractivity contribution in [2.24, 2.45) is 10.9 Å². The highest BCUT2D eigenvalue weighted by molar-refractivity contribution is 6.29. The number of halogens is 1. The Labute approximate surface area is 205 Å². The molecule has 2 aliphatic rings. The summed E-state index contributed by atoms with van der Waals surface area (Å²) in [7, 11) is 3.85. The molecule has 0 spiro atoms. The Hall–Kier alpha value is -2.95. The quantitative estimate of drug-likeness (QED) is 0.616. The largest absolute Gasteiger partial charge is 0.476 e. The van der Waals surface area contributed by atoms with Gasteiger partial charge in [0.15, 0.2) is 11.2 Å². The van der Waals surface area contributed by atoms with Crippen LogP contribution < -0.4 is 0 Å². The Morgan fingerprint density at radius 2 is 1.88 bits per heavy atom. The Kier molecular flexibility index (Phi) is 6.41. The van der Waals surface area contributed by atoms with Crippen LogP contribution in [0.3, 0.4) is 0 Å². The number of aliphatic hydroxyl groups is 2. The number of hydrogen-bond acceptors (Lipinski definition) is 6. The van der Waals surface area contributed by atoms with Gasteiger partial charge in [0.25, 0.3) is 0 Å². The minimum absolute atomic E-state index is 0.145. The standard InChI is InChI=1S/C27H28ClN3O3/c1-17(28)14-22-24(30-2)26(33)25(32)21(16-31(3)4)23(19-8-6-5-7-9-19)27(26,34-22)20-12-10-18(15-29)11-13-20/h5-14,21,23,25,32-33H,2,16H2,1,3-4H3/b17-14+/t21-,23-,25-,26+,27+/m1/s1. The molecular weight excluding hydrogens is 450 g/mol. The second-order valence-electron chi connectivity index (χ2n) is 9.15. The molecule has 0 saturated heterocycles. The van der Waals surface area contributed by atoms with E-state index in [9.17, 15) is 15.5 Å². The molecule has 1 fully saturated rings. The van der Waals surface area contributed by atoms with Crippen LogP contribution in [0.4, 0.5) is 0 Å². The smallest absolute Gasteiger partial charge is 0.181 e. The van der Waals surface area contributed by atoms with E-state index in [4.69, 9.17) is 16.3 Å². The lowest BCUT2D eigenvalue weighted by atomic mass is 9.71. The SMILES string of the molecule is C=NC1=C(/C=C(\C)Cl)O[C@@]2(c3ccc(C#N)cc3)[C@H](c3ccccc3)[C@@H](CN(C)C)[C@@H](O)[C@@]12O. The lowest BCUT2D eigenvalue weighted by molar-refractivity contribution is -0.141. The first kappa shape index (κ1) is 24.2. The van der Waals surface area contributed by atoms with Crippen molar-refractivity contribution in [3.05, 3.63) is 93.9 Å². The monoisotopic (exact) mass is 477 g/mol. The number of fused-ring (bicyclic) bond motifs is 1. The third-order valence-corrected chi connectivity index (χ3v) is 6.91. The molecule has 0 radical (unpaired) electrons. The number of aliphatic hydroxyl groups excluding tert-OH is 1. The number of nitrogens with zero attached hydrogens (tertiary/aromatic N) is 3. The number of rotatable bonds is 6. The maximum Gasteiger partial charge on any atom is 0.181 e. The molecule has 7 heteroatoms. The summed E-state index contributed by atoms with van der Waals surface area (Å²) >= 11 is 6.20.